The zero-order valence-corrected chi connectivity index (χ0v) is 13.9. The number of hydrogen-bond acceptors (Lipinski definition) is 3. The van der Waals surface area contributed by atoms with Gasteiger partial charge in [-0.3, -0.25) is 4.79 Å². The number of anilines is 1. The second-order valence-electron chi connectivity index (χ2n) is 4.88. The van der Waals surface area contributed by atoms with Gasteiger partial charge < -0.3 is 10.1 Å². The van der Waals surface area contributed by atoms with Crippen LogP contribution in [-0.2, 0) is 4.79 Å². The Morgan fingerprint density at radius 1 is 1.24 bits per heavy atom. The van der Waals surface area contributed by atoms with Crippen LogP contribution in [0.4, 0.5) is 5.82 Å². The minimum Gasteiger partial charge on any atom is -0.478 e. The average Bonchev–Trinajstić information content (AvgIpc) is 2.43. The summed E-state index contributed by atoms with van der Waals surface area (Å²) in [6.07, 6.45) is 1.61. The first-order chi connectivity index (χ1) is 9.87. The molecule has 4 nitrogen and oxygen atoms in total. The van der Waals surface area contributed by atoms with Crippen LogP contribution in [0, 0.1) is 0 Å². The van der Waals surface area contributed by atoms with Gasteiger partial charge in [-0.05, 0) is 66.2 Å². The minimum absolute atomic E-state index is 0.285. The fraction of sp³-hybridized carbons (Fsp3) is 0.200. The van der Waals surface area contributed by atoms with Crippen molar-refractivity contribution >= 4 is 39.3 Å². The predicted octanol–water partition coefficient (Wildman–Crippen LogP) is 4.29. The Labute approximate surface area is 136 Å². The van der Waals surface area contributed by atoms with E-state index in [1.807, 2.05) is 0 Å². The molecule has 110 valence electrons. The molecule has 0 aliphatic carbocycles. The van der Waals surface area contributed by atoms with Crippen LogP contribution in [0.25, 0.3) is 0 Å². The fourth-order valence-corrected chi connectivity index (χ4v) is 1.92. The summed E-state index contributed by atoms with van der Waals surface area (Å²) in [5.41, 5.74) is -1.04. The maximum Gasteiger partial charge on any atom is 0.269 e. The van der Waals surface area contributed by atoms with E-state index >= 15 is 0 Å². The Morgan fingerprint density at radius 2 is 1.90 bits per heavy atom. The Bertz CT molecular complexity index is 627. The molecule has 1 amide bonds. The molecule has 1 aromatic carbocycles. The number of amides is 1. The highest BCUT2D eigenvalue weighted by atomic mass is 79.9. The number of benzene rings is 1. The zero-order valence-electron chi connectivity index (χ0n) is 11.6. The van der Waals surface area contributed by atoms with Crippen molar-refractivity contribution in [1.29, 1.82) is 0 Å². The van der Waals surface area contributed by atoms with Gasteiger partial charge in [-0.25, -0.2) is 4.98 Å². The first kappa shape index (κ1) is 15.8. The molecule has 0 bridgehead atoms. The molecule has 2 rings (SSSR count). The second kappa shape index (κ2) is 6.45. The highest BCUT2D eigenvalue weighted by molar-refractivity contribution is 9.10. The largest absolute Gasteiger partial charge is 0.478 e. The average molecular weight is 370 g/mol. The summed E-state index contributed by atoms with van der Waals surface area (Å²) in [4.78, 5) is 16.4. The summed E-state index contributed by atoms with van der Waals surface area (Å²) in [6, 6.07) is 10.4. The third-order valence-electron chi connectivity index (χ3n) is 2.70. The molecule has 1 N–H and O–H groups in total. The van der Waals surface area contributed by atoms with Crippen molar-refractivity contribution in [2.75, 3.05) is 5.32 Å². The topological polar surface area (TPSA) is 51.2 Å². The van der Waals surface area contributed by atoms with Crippen molar-refractivity contribution in [1.82, 2.24) is 4.98 Å². The number of aromatic nitrogens is 1. The molecule has 0 spiro atoms. The number of rotatable bonds is 4. The van der Waals surface area contributed by atoms with E-state index in [9.17, 15) is 4.79 Å². The van der Waals surface area contributed by atoms with Gasteiger partial charge in [0.25, 0.3) is 5.91 Å². The van der Waals surface area contributed by atoms with Crippen LogP contribution in [0.3, 0.4) is 0 Å². The van der Waals surface area contributed by atoms with Gasteiger partial charge in [0.15, 0.2) is 5.60 Å². The van der Waals surface area contributed by atoms with E-state index in [1.54, 1.807) is 56.4 Å². The Hall–Kier alpha value is -1.59. The first-order valence-corrected chi connectivity index (χ1v) is 7.41. The van der Waals surface area contributed by atoms with E-state index in [-0.39, 0.29) is 5.91 Å². The molecule has 1 aromatic heterocycles. The van der Waals surface area contributed by atoms with Gasteiger partial charge in [-0.2, -0.15) is 0 Å². The van der Waals surface area contributed by atoms with Crippen molar-refractivity contribution in [2.45, 2.75) is 19.4 Å². The Kier molecular flexibility index (Phi) is 4.85. The van der Waals surface area contributed by atoms with Crippen LogP contribution in [0.2, 0.25) is 5.02 Å². The highest BCUT2D eigenvalue weighted by Crippen LogP contribution is 2.22. The van der Waals surface area contributed by atoms with Crippen molar-refractivity contribution in [2.24, 2.45) is 0 Å². The standard InChI is InChI=1S/C15H14BrClN2O2/c1-15(2,21-12-6-4-11(17)5-7-12)14(20)19-13-8-3-10(16)9-18-13/h3-9H,1-2H3,(H,18,19,20). The molecule has 0 aliphatic rings. The zero-order chi connectivity index (χ0) is 15.5. The summed E-state index contributed by atoms with van der Waals surface area (Å²) < 4.78 is 6.55. The summed E-state index contributed by atoms with van der Waals surface area (Å²) in [6.45, 7) is 3.38. The van der Waals surface area contributed by atoms with Gasteiger partial charge in [-0.15, -0.1) is 0 Å². The van der Waals surface area contributed by atoms with E-state index < -0.39 is 5.60 Å². The smallest absolute Gasteiger partial charge is 0.269 e. The Balaban J connectivity index is 2.05. The van der Waals surface area contributed by atoms with Crippen LogP contribution in [0.15, 0.2) is 47.1 Å². The number of nitrogens with zero attached hydrogens (tertiary/aromatic N) is 1. The number of pyridine rings is 1. The lowest BCUT2D eigenvalue weighted by Gasteiger charge is -2.25. The van der Waals surface area contributed by atoms with Gasteiger partial charge in [0.2, 0.25) is 0 Å². The van der Waals surface area contributed by atoms with Crippen LogP contribution < -0.4 is 10.1 Å². The minimum atomic E-state index is -1.04. The van der Waals surface area contributed by atoms with Gasteiger partial charge in [-0.1, -0.05) is 11.6 Å². The summed E-state index contributed by atoms with van der Waals surface area (Å²) in [5.74, 6) is 0.756. The second-order valence-corrected chi connectivity index (χ2v) is 6.23. The first-order valence-electron chi connectivity index (χ1n) is 6.24. The van der Waals surface area contributed by atoms with E-state index in [0.717, 1.165) is 4.47 Å². The molecular formula is C15H14BrClN2O2. The van der Waals surface area contributed by atoms with E-state index in [4.69, 9.17) is 16.3 Å². The third-order valence-corrected chi connectivity index (χ3v) is 3.42. The lowest BCUT2D eigenvalue weighted by molar-refractivity contribution is -0.128. The predicted molar refractivity (Wildman–Crippen MR) is 86.7 cm³/mol. The molecule has 0 radical (unpaired) electrons. The Morgan fingerprint density at radius 3 is 2.48 bits per heavy atom. The fourth-order valence-electron chi connectivity index (χ4n) is 1.56. The molecule has 0 saturated carbocycles. The van der Waals surface area contributed by atoms with Crippen molar-refractivity contribution in [3.05, 3.63) is 52.1 Å². The number of carbonyl (C=O) groups excluding carboxylic acids is 1. The molecule has 0 atom stereocenters. The third kappa shape index (κ3) is 4.44. The number of carbonyl (C=O) groups is 1. The molecule has 0 aliphatic heterocycles. The number of halogens is 2. The summed E-state index contributed by atoms with van der Waals surface area (Å²) in [7, 11) is 0. The molecule has 6 heteroatoms. The molecule has 0 fully saturated rings. The van der Waals surface area contributed by atoms with Crippen LogP contribution >= 0.6 is 27.5 Å². The van der Waals surface area contributed by atoms with Crippen LogP contribution in [0.1, 0.15) is 13.8 Å². The lowest BCUT2D eigenvalue weighted by Crippen LogP contribution is -2.42. The highest BCUT2D eigenvalue weighted by Gasteiger charge is 2.30. The van der Waals surface area contributed by atoms with E-state index in [0.29, 0.717) is 16.6 Å². The number of nitrogens with one attached hydrogen (secondary N) is 1. The van der Waals surface area contributed by atoms with E-state index in [1.165, 1.54) is 0 Å². The van der Waals surface area contributed by atoms with Crippen LogP contribution in [-0.4, -0.2) is 16.5 Å². The lowest BCUT2D eigenvalue weighted by atomic mass is 10.1. The van der Waals surface area contributed by atoms with Crippen molar-refractivity contribution in [3.63, 3.8) is 0 Å². The SMILES string of the molecule is CC(C)(Oc1ccc(Cl)cc1)C(=O)Nc1ccc(Br)cn1. The summed E-state index contributed by atoms with van der Waals surface area (Å²) in [5, 5.41) is 3.33. The number of ether oxygens (including phenoxy) is 1. The quantitative estimate of drug-likeness (QED) is 0.874. The monoisotopic (exact) mass is 368 g/mol. The maximum atomic E-state index is 12.3. The molecular weight excluding hydrogens is 356 g/mol. The molecule has 1 heterocycles. The van der Waals surface area contributed by atoms with E-state index in [2.05, 4.69) is 26.2 Å². The van der Waals surface area contributed by atoms with Gasteiger partial charge in [0.1, 0.15) is 11.6 Å². The molecule has 2 aromatic rings. The van der Waals surface area contributed by atoms with Gasteiger partial charge >= 0.3 is 0 Å². The molecule has 0 unspecified atom stereocenters. The van der Waals surface area contributed by atoms with Crippen molar-refractivity contribution < 1.29 is 9.53 Å². The number of hydrogen-bond donors (Lipinski definition) is 1. The van der Waals surface area contributed by atoms with Gasteiger partial charge in [0, 0.05) is 15.7 Å². The van der Waals surface area contributed by atoms with Gasteiger partial charge in [0.05, 0.1) is 0 Å². The summed E-state index contributed by atoms with van der Waals surface area (Å²) >= 11 is 9.11. The van der Waals surface area contributed by atoms with Crippen molar-refractivity contribution in [3.8, 4) is 5.75 Å². The van der Waals surface area contributed by atoms with Crippen LogP contribution in [0.5, 0.6) is 5.75 Å². The normalized spacial score (nSPS) is 11.0. The molecule has 0 saturated heterocycles. The molecule has 21 heavy (non-hydrogen) atoms. The maximum absolute atomic E-state index is 12.3.